The van der Waals surface area contributed by atoms with Crippen LogP contribution in [-0.2, 0) is 19.1 Å². The predicted molar refractivity (Wildman–Crippen MR) is 93.3 cm³/mol. The fourth-order valence-corrected chi connectivity index (χ4v) is 4.54. The summed E-state index contributed by atoms with van der Waals surface area (Å²) >= 11 is 5.98. The van der Waals surface area contributed by atoms with Crippen molar-refractivity contribution in [2.24, 2.45) is 11.8 Å². The van der Waals surface area contributed by atoms with E-state index in [1.54, 1.807) is 35.2 Å². The van der Waals surface area contributed by atoms with Crippen LogP contribution in [0.3, 0.4) is 0 Å². The summed E-state index contributed by atoms with van der Waals surface area (Å²) < 4.78 is 11.1. The molecule has 2 bridgehead atoms. The van der Waals surface area contributed by atoms with Crippen molar-refractivity contribution in [1.29, 1.82) is 0 Å². The van der Waals surface area contributed by atoms with Crippen LogP contribution >= 0.6 is 11.6 Å². The van der Waals surface area contributed by atoms with Crippen molar-refractivity contribution in [3.05, 3.63) is 54.1 Å². The Morgan fingerprint density at radius 3 is 2.80 bits per heavy atom. The molecule has 1 spiro atoms. The lowest BCUT2D eigenvalue weighted by molar-refractivity contribution is -0.149. The van der Waals surface area contributed by atoms with Gasteiger partial charge in [-0.2, -0.15) is 0 Å². The van der Waals surface area contributed by atoms with Gasteiger partial charge in [-0.15, -0.1) is 6.58 Å². The summed E-state index contributed by atoms with van der Waals surface area (Å²) in [5.41, 5.74) is -0.0943. The molecule has 0 N–H and O–H groups in total. The number of anilines is 1. The molecule has 4 rings (SSSR count). The van der Waals surface area contributed by atoms with Crippen LogP contribution in [0.25, 0.3) is 0 Å². The normalized spacial score (nSPS) is 35.1. The number of carbonyl (C=O) groups excluding carboxylic acids is 2. The fraction of sp³-hybridized carbons (Fsp3) is 0.368. The standard InChI is InChI=1S/C19H18ClNO4/c1-3-4-14-19-10-9-13(25-19)15(18(23)24-2)16(19)17(22)21(14)12-7-5-11(20)6-8-12/h3,5-10,13-16H,1,4H2,2H3/t13-,14+,15-,16-,19+/m0/s1. The molecule has 0 unspecified atom stereocenters. The molecule has 3 heterocycles. The summed E-state index contributed by atoms with van der Waals surface area (Å²) in [6.07, 6.45) is 5.71. The van der Waals surface area contributed by atoms with Gasteiger partial charge in [0.1, 0.15) is 11.5 Å². The second kappa shape index (κ2) is 5.71. The Morgan fingerprint density at radius 1 is 1.44 bits per heavy atom. The highest BCUT2D eigenvalue weighted by atomic mass is 35.5. The van der Waals surface area contributed by atoms with E-state index in [0.717, 1.165) is 5.69 Å². The van der Waals surface area contributed by atoms with Gasteiger partial charge < -0.3 is 14.4 Å². The average Bonchev–Trinajstić information content (AvgIpc) is 3.25. The number of rotatable bonds is 4. The van der Waals surface area contributed by atoms with E-state index >= 15 is 0 Å². The van der Waals surface area contributed by atoms with Crippen LogP contribution in [0, 0.1) is 11.8 Å². The largest absolute Gasteiger partial charge is 0.469 e. The van der Waals surface area contributed by atoms with Crippen molar-refractivity contribution >= 4 is 29.2 Å². The molecule has 1 aromatic carbocycles. The van der Waals surface area contributed by atoms with Gasteiger partial charge in [-0.1, -0.05) is 29.8 Å². The quantitative estimate of drug-likeness (QED) is 0.612. The van der Waals surface area contributed by atoms with Crippen molar-refractivity contribution in [3.8, 4) is 0 Å². The molecule has 5 atom stereocenters. The maximum atomic E-state index is 13.3. The van der Waals surface area contributed by atoms with Gasteiger partial charge in [0.15, 0.2) is 0 Å². The minimum absolute atomic E-state index is 0.128. The molecule has 0 aromatic heterocycles. The van der Waals surface area contributed by atoms with E-state index in [2.05, 4.69) is 6.58 Å². The Balaban J connectivity index is 1.81. The fourth-order valence-electron chi connectivity index (χ4n) is 4.41. The first-order valence-corrected chi connectivity index (χ1v) is 8.56. The summed E-state index contributed by atoms with van der Waals surface area (Å²) in [5.74, 6) is -1.75. The van der Waals surface area contributed by atoms with Crippen molar-refractivity contribution in [2.75, 3.05) is 12.0 Å². The Hall–Kier alpha value is -2.11. The number of hydrogen-bond donors (Lipinski definition) is 0. The zero-order valence-corrected chi connectivity index (χ0v) is 14.5. The molecular weight excluding hydrogens is 342 g/mol. The molecular formula is C19H18ClNO4. The first kappa shape index (κ1) is 16.4. The Kier molecular flexibility index (Phi) is 3.74. The summed E-state index contributed by atoms with van der Waals surface area (Å²) in [4.78, 5) is 27.3. The molecule has 5 nitrogen and oxygen atoms in total. The van der Waals surface area contributed by atoms with E-state index in [-0.39, 0.29) is 11.9 Å². The van der Waals surface area contributed by atoms with Gasteiger partial charge in [-0.3, -0.25) is 9.59 Å². The Bertz CT molecular complexity index is 774. The van der Waals surface area contributed by atoms with E-state index in [1.165, 1.54) is 7.11 Å². The van der Waals surface area contributed by atoms with Crippen LogP contribution in [0.5, 0.6) is 0 Å². The summed E-state index contributed by atoms with van der Waals surface area (Å²) in [5, 5.41) is 0.596. The molecule has 0 saturated carbocycles. The molecule has 2 fully saturated rings. The third kappa shape index (κ3) is 2.12. The minimum Gasteiger partial charge on any atom is -0.469 e. The molecule has 3 aliphatic heterocycles. The third-order valence-electron chi connectivity index (χ3n) is 5.39. The maximum Gasteiger partial charge on any atom is 0.312 e. The van der Waals surface area contributed by atoms with Gasteiger partial charge in [-0.25, -0.2) is 0 Å². The average molecular weight is 360 g/mol. The van der Waals surface area contributed by atoms with E-state index in [1.807, 2.05) is 12.2 Å². The minimum atomic E-state index is -0.825. The van der Waals surface area contributed by atoms with Gasteiger partial charge in [0.25, 0.3) is 0 Å². The van der Waals surface area contributed by atoms with E-state index in [4.69, 9.17) is 21.1 Å². The monoisotopic (exact) mass is 359 g/mol. The molecule has 25 heavy (non-hydrogen) atoms. The van der Waals surface area contributed by atoms with Gasteiger partial charge in [0.2, 0.25) is 5.91 Å². The van der Waals surface area contributed by atoms with E-state index in [9.17, 15) is 9.59 Å². The smallest absolute Gasteiger partial charge is 0.312 e. The maximum absolute atomic E-state index is 13.3. The van der Waals surface area contributed by atoms with E-state index in [0.29, 0.717) is 11.4 Å². The van der Waals surface area contributed by atoms with Gasteiger partial charge in [-0.05, 0) is 30.7 Å². The van der Waals surface area contributed by atoms with Crippen molar-refractivity contribution in [2.45, 2.75) is 24.2 Å². The topological polar surface area (TPSA) is 55.8 Å². The van der Waals surface area contributed by atoms with Crippen LogP contribution in [0.1, 0.15) is 6.42 Å². The predicted octanol–water partition coefficient (Wildman–Crippen LogP) is 2.74. The second-order valence-electron chi connectivity index (χ2n) is 6.55. The van der Waals surface area contributed by atoms with Crippen LogP contribution in [0.15, 0.2) is 49.1 Å². The number of esters is 1. The first-order chi connectivity index (χ1) is 12.0. The summed E-state index contributed by atoms with van der Waals surface area (Å²) in [6, 6.07) is 6.83. The SMILES string of the molecule is C=CC[C@H]1N(c2ccc(Cl)cc2)C(=O)[C@@H]2[C@@H](C(=O)OC)[C@@H]3C=C[C@]21O3. The number of methoxy groups -OCH3 is 1. The zero-order chi connectivity index (χ0) is 17.8. The molecule has 1 aromatic rings. The summed E-state index contributed by atoms with van der Waals surface area (Å²) in [7, 11) is 1.34. The number of ether oxygens (including phenoxy) is 2. The third-order valence-corrected chi connectivity index (χ3v) is 5.64. The van der Waals surface area contributed by atoms with Gasteiger partial charge in [0, 0.05) is 10.7 Å². The molecule has 0 aliphatic carbocycles. The molecule has 1 amide bonds. The number of hydrogen-bond acceptors (Lipinski definition) is 4. The van der Waals surface area contributed by atoms with Crippen LogP contribution in [0.4, 0.5) is 5.69 Å². The molecule has 0 radical (unpaired) electrons. The van der Waals surface area contributed by atoms with Crippen molar-refractivity contribution < 1.29 is 19.1 Å². The second-order valence-corrected chi connectivity index (χ2v) is 6.98. The number of amides is 1. The highest BCUT2D eigenvalue weighted by Crippen LogP contribution is 2.56. The van der Waals surface area contributed by atoms with Crippen molar-refractivity contribution in [3.63, 3.8) is 0 Å². The van der Waals surface area contributed by atoms with Gasteiger partial charge in [0.05, 0.1) is 25.2 Å². The lowest BCUT2D eigenvalue weighted by Crippen LogP contribution is -2.45. The number of benzene rings is 1. The molecule has 130 valence electrons. The number of fused-ring (bicyclic) bond motifs is 1. The zero-order valence-electron chi connectivity index (χ0n) is 13.7. The molecule has 2 saturated heterocycles. The number of nitrogens with zero attached hydrogens (tertiary/aromatic N) is 1. The lowest BCUT2D eigenvalue weighted by atomic mass is 9.74. The molecule has 3 aliphatic rings. The summed E-state index contributed by atoms with van der Waals surface area (Å²) in [6.45, 7) is 3.82. The first-order valence-electron chi connectivity index (χ1n) is 8.18. The van der Waals surface area contributed by atoms with E-state index < -0.39 is 29.5 Å². The Morgan fingerprint density at radius 2 is 2.16 bits per heavy atom. The number of carbonyl (C=O) groups is 2. The lowest BCUT2D eigenvalue weighted by Gasteiger charge is -2.32. The van der Waals surface area contributed by atoms with Crippen molar-refractivity contribution in [1.82, 2.24) is 0 Å². The van der Waals surface area contributed by atoms with Crippen LogP contribution < -0.4 is 4.90 Å². The Labute approximate surface area is 150 Å². The molecule has 6 heteroatoms. The highest BCUT2D eigenvalue weighted by Gasteiger charge is 2.71. The number of halogens is 1. The van der Waals surface area contributed by atoms with Gasteiger partial charge >= 0.3 is 5.97 Å². The van der Waals surface area contributed by atoms with Crippen LogP contribution in [-0.4, -0.2) is 36.7 Å². The van der Waals surface area contributed by atoms with Crippen LogP contribution in [0.2, 0.25) is 5.02 Å². The highest BCUT2D eigenvalue weighted by molar-refractivity contribution is 6.30.